The van der Waals surface area contributed by atoms with Gasteiger partial charge in [0.05, 0.1) is 16.6 Å². The molecule has 0 unspecified atom stereocenters. The molecule has 0 aromatic heterocycles. The van der Waals surface area contributed by atoms with Crippen LogP contribution in [0, 0.1) is 0 Å². The Kier molecular flexibility index (Phi) is 5.70. The van der Waals surface area contributed by atoms with Crippen LogP contribution in [-0.2, 0) is 10.0 Å². The lowest BCUT2D eigenvalue weighted by Gasteiger charge is -2.16. The van der Waals surface area contributed by atoms with Gasteiger partial charge in [-0.2, -0.15) is 8.78 Å². The second-order valence-corrected chi connectivity index (χ2v) is 7.02. The van der Waals surface area contributed by atoms with E-state index in [1.165, 1.54) is 16.9 Å². The van der Waals surface area contributed by atoms with Crippen molar-refractivity contribution in [2.45, 2.75) is 17.2 Å². The number of rotatable bonds is 5. The Bertz CT molecular complexity index is 589. The molecular weight excluding hydrogens is 413 g/mol. The topological polar surface area (TPSA) is 46.2 Å². The highest BCUT2D eigenvalue weighted by molar-refractivity contribution is 9.10. The summed E-state index contributed by atoms with van der Waals surface area (Å²) in [6.45, 7) is -1.77. The van der Waals surface area contributed by atoms with Crippen LogP contribution in [0.25, 0.3) is 0 Å². The van der Waals surface area contributed by atoms with Crippen LogP contribution in [0.2, 0.25) is 10.0 Å². The highest BCUT2D eigenvalue weighted by Crippen LogP contribution is 2.33. The minimum Gasteiger partial charge on any atom is -0.207 e. The molecule has 0 heterocycles. The molecule has 0 bridgehead atoms. The normalized spacial score (nSPS) is 13.0. The minimum atomic E-state index is -4.55. The lowest BCUT2D eigenvalue weighted by molar-refractivity contribution is -0.122. The second kappa shape index (κ2) is 6.35. The van der Waals surface area contributed by atoms with E-state index in [2.05, 4.69) is 15.9 Å². The average molecular weight is 419 g/mol. The van der Waals surface area contributed by atoms with Crippen LogP contribution in [0.3, 0.4) is 0 Å². The van der Waals surface area contributed by atoms with Crippen molar-refractivity contribution in [2.75, 3.05) is 6.54 Å². The maximum absolute atomic E-state index is 12.7. The summed E-state index contributed by atoms with van der Waals surface area (Å²) in [6.07, 6.45) is -4.00. The maximum Gasteiger partial charge on any atom is 0.320 e. The maximum atomic E-state index is 12.7. The Morgan fingerprint density at radius 1 is 1.25 bits per heavy atom. The van der Waals surface area contributed by atoms with E-state index >= 15 is 0 Å². The third kappa shape index (κ3) is 4.20. The SMILES string of the molecule is O=S(=O)(NCC(F)(F)C(F)F)c1c(Cl)cc(Br)cc1Cl. The van der Waals surface area contributed by atoms with Gasteiger partial charge in [0.15, 0.2) is 0 Å². The summed E-state index contributed by atoms with van der Waals surface area (Å²) in [6, 6.07) is 2.35. The molecule has 1 aromatic rings. The van der Waals surface area contributed by atoms with Gasteiger partial charge in [-0.1, -0.05) is 39.1 Å². The van der Waals surface area contributed by atoms with Crippen LogP contribution in [0.4, 0.5) is 17.6 Å². The molecule has 1 aromatic carbocycles. The number of nitrogens with one attached hydrogen (secondary N) is 1. The van der Waals surface area contributed by atoms with Gasteiger partial charge in [0, 0.05) is 4.47 Å². The Labute approximate surface area is 130 Å². The Balaban J connectivity index is 3.08. The van der Waals surface area contributed by atoms with E-state index in [-0.39, 0.29) is 10.0 Å². The van der Waals surface area contributed by atoms with Crippen LogP contribution in [0.1, 0.15) is 0 Å². The zero-order valence-corrected chi connectivity index (χ0v) is 13.2. The molecule has 1 rings (SSSR count). The molecule has 0 fully saturated rings. The molecule has 114 valence electrons. The van der Waals surface area contributed by atoms with Crippen molar-refractivity contribution < 1.29 is 26.0 Å². The molecule has 0 aliphatic rings. The molecule has 0 saturated carbocycles. The lowest BCUT2D eigenvalue weighted by atomic mass is 10.4. The van der Waals surface area contributed by atoms with Crippen molar-refractivity contribution in [2.24, 2.45) is 0 Å². The number of halogens is 7. The quantitative estimate of drug-likeness (QED) is 0.736. The third-order valence-corrected chi connectivity index (χ3v) is 4.83. The summed E-state index contributed by atoms with van der Waals surface area (Å²) in [7, 11) is -4.55. The van der Waals surface area contributed by atoms with E-state index in [0.717, 1.165) is 0 Å². The van der Waals surface area contributed by atoms with Crippen LogP contribution in [0.15, 0.2) is 21.5 Å². The molecular formula is C9H6BrCl2F4NO2S. The summed E-state index contributed by atoms with van der Waals surface area (Å²) in [5.41, 5.74) is 0. The van der Waals surface area contributed by atoms with Crippen LogP contribution < -0.4 is 4.72 Å². The summed E-state index contributed by atoms with van der Waals surface area (Å²) in [5, 5.41) is -0.672. The van der Waals surface area contributed by atoms with Crippen molar-refractivity contribution in [1.29, 1.82) is 0 Å². The van der Waals surface area contributed by atoms with Crippen LogP contribution in [0.5, 0.6) is 0 Å². The molecule has 1 N–H and O–H groups in total. The number of hydrogen-bond donors (Lipinski definition) is 1. The summed E-state index contributed by atoms with van der Waals surface area (Å²) < 4.78 is 74.6. The molecule has 0 aliphatic carbocycles. The molecule has 0 aliphatic heterocycles. The zero-order valence-electron chi connectivity index (χ0n) is 9.31. The van der Waals surface area contributed by atoms with Crippen LogP contribution in [-0.4, -0.2) is 27.3 Å². The third-order valence-electron chi connectivity index (χ3n) is 2.05. The molecule has 20 heavy (non-hydrogen) atoms. The average Bonchev–Trinajstić information content (AvgIpc) is 2.24. The van der Waals surface area contributed by atoms with Gasteiger partial charge in [-0.05, 0) is 12.1 Å². The van der Waals surface area contributed by atoms with E-state index in [0.29, 0.717) is 4.47 Å². The highest BCUT2D eigenvalue weighted by atomic mass is 79.9. The fraction of sp³-hybridized carbons (Fsp3) is 0.333. The van der Waals surface area contributed by atoms with Gasteiger partial charge < -0.3 is 0 Å². The Morgan fingerprint density at radius 2 is 1.70 bits per heavy atom. The van der Waals surface area contributed by atoms with Crippen molar-refractivity contribution in [1.82, 2.24) is 4.72 Å². The van der Waals surface area contributed by atoms with Crippen molar-refractivity contribution in [3.63, 3.8) is 0 Å². The number of sulfonamides is 1. The van der Waals surface area contributed by atoms with Crippen molar-refractivity contribution in [3.05, 3.63) is 26.7 Å². The molecule has 0 radical (unpaired) electrons. The van der Waals surface area contributed by atoms with Crippen molar-refractivity contribution in [3.8, 4) is 0 Å². The predicted octanol–water partition coefficient (Wildman–Crippen LogP) is 3.93. The molecule has 0 amide bonds. The van der Waals surface area contributed by atoms with Crippen LogP contribution >= 0.6 is 39.1 Å². The largest absolute Gasteiger partial charge is 0.320 e. The molecule has 3 nitrogen and oxygen atoms in total. The van der Waals surface area contributed by atoms with Gasteiger partial charge in [0.1, 0.15) is 4.90 Å². The van der Waals surface area contributed by atoms with E-state index < -0.39 is 33.8 Å². The Hall–Kier alpha value is -0.0900. The van der Waals surface area contributed by atoms with E-state index in [4.69, 9.17) is 23.2 Å². The number of hydrogen-bond acceptors (Lipinski definition) is 2. The molecule has 0 saturated heterocycles. The fourth-order valence-electron chi connectivity index (χ4n) is 1.13. The molecule has 11 heteroatoms. The standard InChI is InChI=1S/C9H6BrCl2F4NO2S/c10-4-1-5(11)7(6(12)2-4)20(18,19)17-3-9(15,16)8(13)14/h1-2,8,17H,3H2. The van der Waals surface area contributed by atoms with E-state index in [1.807, 2.05) is 0 Å². The first-order chi connectivity index (χ1) is 8.97. The smallest absolute Gasteiger partial charge is 0.207 e. The zero-order chi connectivity index (χ0) is 15.7. The monoisotopic (exact) mass is 417 g/mol. The first-order valence-electron chi connectivity index (χ1n) is 4.77. The highest BCUT2D eigenvalue weighted by Gasteiger charge is 2.42. The fourth-order valence-corrected chi connectivity index (χ4v) is 4.10. The molecule has 0 atom stereocenters. The summed E-state index contributed by atoms with van der Waals surface area (Å²) >= 11 is 14.3. The van der Waals surface area contributed by atoms with Gasteiger partial charge in [0.25, 0.3) is 0 Å². The summed E-state index contributed by atoms with van der Waals surface area (Å²) in [5.74, 6) is -4.50. The van der Waals surface area contributed by atoms with Gasteiger partial charge >= 0.3 is 12.3 Å². The van der Waals surface area contributed by atoms with Gasteiger partial charge in [-0.3, -0.25) is 0 Å². The summed E-state index contributed by atoms with van der Waals surface area (Å²) in [4.78, 5) is -0.658. The first-order valence-corrected chi connectivity index (χ1v) is 7.81. The second-order valence-electron chi connectivity index (χ2n) is 3.58. The lowest BCUT2D eigenvalue weighted by Crippen LogP contribution is -2.41. The number of benzene rings is 1. The van der Waals surface area contributed by atoms with Gasteiger partial charge in [-0.15, -0.1) is 0 Å². The number of alkyl halides is 4. The predicted molar refractivity (Wildman–Crippen MR) is 70.3 cm³/mol. The Morgan fingerprint density at radius 3 is 2.10 bits per heavy atom. The first kappa shape index (κ1) is 18.0. The van der Waals surface area contributed by atoms with E-state index in [1.54, 1.807) is 0 Å². The van der Waals surface area contributed by atoms with Gasteiger partial charge in [0.2, 0.25) is 10.0 Å². The van der Waals surface area contributed by atoms with Crippen molar-refractivity contribution >= 4 is 49.2 Å². The minimum absolute atomic E-state index is 0.336. The molecule has 0 spiro atoms. The van der Waals surface area contributed by atoms with E-state index in [9.17, 15) is 26.0 Å². The van der Waals surface area contributed by atoms with Gasteiger partial charge in [-0.25, -0.2) is 21.9 Å².